The molecule has 104 valence electrons. The monoisotopic (exact) mass is 294 g/mol. The van der Waals surface area contributed by atoms with Gasteiger partial charge in [-0.05, 0) is 42.3 Å². The number of anilines is 2. The summed E-state index contributed by atoms with van der Waals surface area (Å²) in [6.45, 7) is 2.72. The predicted octanol–water partition coefficient (Wildman–Crippen LogP) is 3.67. The third-order valence-electron chi connectivity index (χ3n) is 3.23. The van der Waals surface area contributed by atoms with Gasteiger partial charge in [0.2, 0.25) is 0 Å². The van der Waals surface area contributed by atoms with E-state index in [1.807, 2.05) is 37.3 Å². The molecule has 5 heteroatoms. The third kappa shape index (κ3) is 2.81. The maximum absolute atomic E-state index is 8.95. The van der Waals surface area contributed by atoms with Crippen molar-refractivity contribution in [3.05, 3.63) is 52.5 Å². The standard InChI is InChI=1S/C16H14N4S/c1-10-5-13(7-14-16(10)20-15(8-17)21-14)19-9-11-3-2-4-12(18)6-11/h2-7,19H,9,18H2,1H3. The second-order valence-corrected chi connectivity index (χ2v) is 5.90. The minimum atomic E-state index is 0.501. The summed E-state index contributed by atoms with van der Waals surface area (Å²) in [6.07, 6.45) is 0. The van der Waals surface area contributed by atoms with Crippen LogP contribution in [0.5, 0.6) is 0 Å². The SMILES string of the molecule is Cc1cc(NCc2cccc(N)c2)cc2sc(C#N)nc12. The number of thiazole rings is 1. The van der Waals surface area contributed by atoms with Crippen LogP contribution in [0.3, 0.4) is 0 Å². The van der Waals surface area contributed by atoms with Crippen LogP contribution in [-0.2, 0) is 6.54 Å². The number of nitrogen functional groups attached to an aromatic ring is 1. The van der Waals surface area contributed by atoms with Crippen LogP contribution in [-0.4, -0.2) is 4.98 Å². The summed E-state index contributed by atoms with van der Waals surface area (Å²) in [5, 5.41) is 12.8. The third-order valence-corrected chi connectivity index (χ3v) is 4.14. The lowest BCUT2D eigenvalue weighted by Gasteiger charge is -2.08. The molecule has 1 heterocycles. The molecule has 0 aliphatic rings. The van der Waals surface area contributed by atoms with Gasteiger partial charge in [-0.2, -0.15) is 5.26 Å². The van der Waals surface area contributed by atoms with Gasteiger partial charge >= 0.3 is 0 Å². The molecule has 0 fully saturated rings. The number of nitriles is 1. The first-order valence-electron chi connectivity index (χ1n) is 6.55. The van der Waals surface area contributed by atoms with E-state index < -0.39 is 0 Å². The van der Waals surface area contributed by atoms with Crippen LogP contribution >= 0.6 is 11.3 Å². The van der Waals surface area contributed by atoms with E-state index in [0.29, 0.717) is 11.6 Å². The molecule has 0 saturated carbocycles. The van der Waals surface area contributed by atoms with Crippen LogP contribution in [0, 0.1) is 18.3 Å². The van der Waals surface area contributed by atoms with E-state index in [2.05, 4.69) is 22.4 Å². The Kier molecular flexibility index (Phi) is 3.46. The summed E-state index contributed by atoms with van der Waals surface area (Å²) >= 11 is 1.42. The van der Waals surface area contributed by atoms with E-state index >= 15 is 0 Å². The fraction of sp³-hybridized carbons (Fsp3) is 0.125. The van der Waals surface area contributed by atoms with E-state index in [-0.39, 0.29) is 0 Å². The smallest absolute Gasteiger partial charge is 0.195 e. The van der Waals surface area contributed by atoms with Gasteiger partial charge in [0, 0.05) is 17.9 Å². The van der Waals surface area contributed by atoms with Crippen molar-refractivity contribution in [2.24, 2.45) is 0 Å². The number of nitrogens with one attached hydrogen (secondary N) is 1. The van der Waals surface area contributed by atoms with Crippen molar-refractivity contribution >= 4 is 32.9 Å². The Morgan fingerprint density at radius 2 is 2.19 bits per heavy atom. The van der Waals surface area contributed by atoms with Crippen molar-refractivity contribution in [3.8, 4) is 6.07 Å². The highest BCUT2D eigenvalue weighted by atomic mass is 32.1. The first-order chi connectivity index (χ1) is 10.2. The Morgan fingerprint density at radius 1 is 1.33 bits per heavy atom. The number of hydrogen-bond donors (Lipinski definition) is 2. The minimum absolute atomic E-state index is 0.501. The van der Waals surface area contributed by atoms with E-state index in [4.69, 9.17) is 11.0 Å². The molecule has 0 aliphatic heterocycles. The van der Waals surface area contributed by atoms with Gasteiger partial charge in [0.05, 0.1) is 10.2 Å². The fourth-order valence-electron chi connectivity index (χ4n) is 2.25. The molecule has 0 unspecified atom stereocenters. The zero-order valence-corrected chi connectivity index (χ0v) is 12.4. The molecular weight excluding hydrogens is 280 g/mol. The summed E-state index contributed by atoms with van der Waals surface area (Å²) in [5.41, 5.74) is 10.7. The Bertz CT molecular complexity index is 845. The molecule has 2 aromatic carbocycles. The molecule has 4 nitrogen and oxygen atoms in total. The number of benzene rings is 2. The quantitative estimate of drug-likeness (QED) is 0.723. The van der Waals surface area contributed by atoms with Crippen molar-refractivity contribution in [1.29, 1.82) is 5.26 Å². The van der Waals surface area contributed by atoms with Gasteiger partial charge in [-0.15, -0.1) is 11.3 Å². The average molecular weight is 294 g/mol. The van der Waals surface area contributed by atoms with Gasteiger partial charge < -0.3 is 11.1 Å². The maximum atomic E-state index is 8.95. The number of aryl methyl sites for hydroxylation is 1. The lowest BCUT2D eigenvalue weighted by atomic mass is 10.1. The Labute approximate surface area is 126 Å². The molecule has 0 atom stereocenters. The molecule has 21 heavy (non-hydrogen) atoms. The molecule has 0 spiro atoms. The van der Waals surface area contributed by atoms with Crippen molar-refractivity contribution in [3.63, 3.8) is 0 Å². The van der Waals surface area contributed by atoms with Gasteiger partial charge in [-0.1, -0.05) is 12.1 Å². The summed E-state index contributed by atoms with van der Waals surface area (Å²) in [5.74, 6) is 0. The van der Waals surface area contributed by atoms with Gasteiger partial charge in [0.15, 0.2) is 5.01 Å². The number of hydrogen-bond acceptors (Lipinski definition) is 5. The van der Waals surface area contributed by atoms with Crippen LogP contribution in [0.25, 0.3) is 10.2 Å². The molecular formula is C16H14N4S. The first kappa shape index (κ1) is 13.4. The highest BCUT2D eigenvalue weighted by Crippen LogP contribution is 2.28. The normalized spacial score (nSPS) is 10.5. The molecule has 0 saturated heterocycles. The largest absolute Gasteiger partial charge is 0.399 e. The molecule has 3 rings (SSSR count). The van der Waals surface area contributed by atoms with E-state index in [0.717, 1.165) is 32.7 Å². The summed E-state index contributed by atoms with van der Waals surface area (Å²) in [4.78, 5) is 4.31. The highest BCUT2D eigenvalue weighted by molar-refractivity contribution is 7.19. The maximum Gasteiger partial charge on any atom is 0.195 e. The number of fused-ring (bicyclic) bond motifs is 1. The average Bonchev–Trinajstić information content (AvgIpc) is 2.89. The van der Waals surface area contributed by atoms with Gasteiger partial charge in [0.1, 0.15) is 6.07 Å². The molecule has 0 bridgehead atoms. The number of aromatic nitrogens is 1. The zero-order valence-electron chi connectivity index (χ0n) is 11.6. The van der Waals surface area contributed by atoms with E-state index in [9.17, 15) is 0 Å². The summed E-state index contributed by atoms with van der Waals surface area (Å²) < 4.78 is 1.03. The van der Waals surface area contributed by atoms with Crippen LogP contribution in [0.4, 0.5) is 11.4 Å². The van der Waals surface area contributed by atoms with Crippen molar-refractivity contribution in [2.75, 3.05) is 11.1 Å². The lowest BCUT2D eigenvalue weighted by Crippen LogP contribution is -2.00. The van der Waals surface area contributed by atoms with Crippen LogP contribution in [0.2, 0.25) is 0 Å². The van der Waals surface area contributed by atoms with E-state index in [1.165, 1.54) is 11.3 Å². The highest BCUT2D eigenvalue weighted by Gasteiger charge is 2.07. The second kappa shape index (κ2) is 5.43. The van der Waals surface area contributed by atoms with E-state index in [1.54, 1.807) is 0 Å². The van der Waals surface area contributed by atoms with Gasteiger partial charge in [-0.25, -0.2) is 4.98 Å². The Morgan fingerprint density at radius 3 is 2.95 bits per heavy atom. The number of rotatable bonds is 3. The van der Waals surface area contributed by atoms with Crippen LogP contribution < -0.4 is 11.1 Å². The lowest BCUT2D eigenvalue weighted by molar-refractivity contribution is 1.15. The molecule has 3 aromatic rings. The van der Waals surface area contributed by atoms with Crippen molar-refractivity contribution in [1.82, 2.24) is 4.98 Å². The van der Waals surface area contributed by atoms with Crippen molar-refractivity contribution < 1.29 is 0 Å². The first-order valence-corrected chi connectivity index (χ1v) is 7.37. The van der Waals surface area contributed by atoms with Gasteiger partial charge in [-0.3, -0.25) is 0 Å². The topological polar surface area (TPSA) is 74.7 Å². The fourth-order valence-corrected chi connectivity index (χ4v) is 3.13. The molecule has 1 aromatic heterocycles. The summed E-state index contributed by atoms with van der Waals surface area (Å²) in [6, 6.07) is 14.0. The molecule has 0 aliphatic carbocycles. The van der Waals surface area contributed by atoms with Crippen LogP contribution in [0.1, 0.15) is 16.1 Å². The second-order valence-electron chi connectivity index (χ2n) is 4.87. The molecule has 3 N–H and O–H groups in total. The molecule has 0 amide bonds. The Balaban J connectivity index is 1.86. The number of nitrogens with two attached hydrogens (primary N) is 1. The Hall–Kier alpha value is -2.58. The zero-order chi connectivity index (χ0) is 14.8. The van der Waals surface area contributed by atoms with Crippen LogP contribution in [0.15, 0.2) is 36.4 Å². The van der Waals surface area contributed by atoms with Gasteiger partial charge in [0.25, 0.3) is 0 Å². The molecule has 0 radical (unpaired) electrons. The van der Waals surface area contributed by atoms with Crippen molar-refractivity contribution in [2.45, 2.75) is 13.5 Å². The number of nitrogens with zero attached hydrogens (tertiary/aromatic N) is 2. The summed E-state index contributed by atoms with van der Waals surface area (Å²) in [7, 11) is 0. The predicted molar refractivity (Wildman–Crippen MR) is 87.3 cm³/mol. The minimum Gasteiger partial charge on any atom is -0.399 e.